The minimum atomic E-state index is -0.234. The number of carbonyl (C=O) groups excluding carboxylic acids is 1. The third-order valence-electron chi connectivity index (χ3n) is 5.03. The van der Waals surface area contributed by atoms with Crippen molar-refractivity contribution in [3.63, 3.8) is 0 Å². The summed E-state index contributed by atoms with van der Waals surface area (Å²) in [5.74, 6) is 2.10. The molecule has 144 valence electrons. The lowest BCUT2D eigenvalue weighted by atomic mass is 10.1. The van der Waals surface area contributed by atoms with E-state index in [9.17, 15) is 4.79 Å². The van der Waals surface area contributed by atoms with E-state index in [1.54, 1.807) is 36.7 Å². The van der Waals surface area contributed by atoms with Crippen molar-refractivity contribution >= 4 is 17.4 Å². The number of nitrogens with zero attached hydrogens (tertiary/aromatic N) is 7. The van der Waals surface area contributed by atoms with Crippen molar-refractivity contribution in [2.45, 2.75) is 39.3 Å². The van der Waals surface area contributed by atoms with Crippen LogP contribution in [-0.2, 0) is 4.79 Å². The van der Waals surface area contributed by atoms with Gasteiger partial charge in [-0.1, -0.05) is 6.92 Å². The number of amides is 1. The van der Waals surface area contributed by atoms with Crippen LogP contribution in [0.3, 0.4) is 0 Å². The number of hydrogen-bond donors (Lipinski definition) is 0. The third-order valence-corrected chi connectivity index (χ3v) is 5.03. The SMILES string of the molecule is CCC1C(=O)N(C)c2cnc(-n3ccnc3-c3ccncc3)nc2N1C(C)C. The van der Waals surface area contributed by atoms with Gasteiger partial charge in [0, 0.05) is 43.4 Å². The second-order valence-corrected chi connectivity index (χ2v) is 7.06. The summed E-state index contributed by atoms with van der Waals surface area (Å²) in [5.41, 5.74) is 1.65. The molecule has 0 radical (unpaired) electrons. The Kier molecular flexibility index (Phi) is 4.54. The second-order valence-electron chi connectivity index (χ2n) is 7.06. The monoisotopic (exact) mass is 377 g/mol. The molecule has 0 aromatic carbocycles. The Balaban J connectivity index is 1.85. The maximum Gasteiger partial charge on any atom is 0.249 e. The first-order valence-electron chi connectivity index (χ1n) is 9.40. The van der Waals surface area contributed by atoms with E-state index >= 15 is 0 Å². The fourth-order valence-corrected chi connectivity index (χ4v) is 3.66. The lowest BCUT2D eigenvalue weighted by Gasteiger charge is -2.42. The van der Waals surface area contributed by atoms with Crippen molar-refractivity contribution in [3.05, 3.63) is 43.1 Å². The molecule has 0 fully saturated rings. The molecule has 8 heteroatoms. The van der Waals surface area contributed by atoms with Crippen molar-refractivity contribution in [2.75, 3.05) is 16.8 Å². The molecule has 3 aromatic rings. The van der Waals surface area contributed by atoms with Gasteiger partial charge >= 0.3 is 0 Å². The summed E-state index contributed by atoms with van der Waals surface area (Å²) < 4.78 is 1.85. The Hall–Kier alpha value is -3.29. The lowest BCUT2D eigenvalue weighted by Crippen LogP contribution is -2.55. The van der Waals surface area contributed by atoms with Crippen LogP contribution in [0.1, 0.15) is 27.2 Å². The molecule has 3 aromatic heterocycles. The van der Waals surface area contributed by atoms with Gasteiger partial charge in [0.05, 0.1) is 6.20 Å². The van der Waals surface area contributed by atoms with Crippen LogP contribution in [0.4, 0.5) is 11.5 Å². The number of rotatable bonds is 4. The van der Waals surface area contributed by atoms with E-state index in [0.29, 0.717) is 12.4 Å². The van der Waals surface area contributed by atoms with Gasteiger partial charge in [-0.15, -0.1) is 0 Å². The molecule has 28 heavy (non-hydrogen) atoms. The van der Waals surface area contributed by atoms with Crippen molar-refractivity contribution in [3.8, 4) is 17.3 Å². The summed E-state index contributed by atoms with van der Waals surface area (Å²) in [6, 6.07) is 3.70. The summed E-state index contributed by atoms with van der Waals surface area (Å²) in [6.45, 7) is 6.18. The summed E-state index contributed by atoms with van der Waals surface area (Å²) in [6.07, 6.45) is 9.46. The van der Waals surface area contributed by atoms with E-state index in [0.717, 1.165) is 22.9 Å². The maximum absolute atomic E-state index is 12.8. The molecule has 0 spiro atoms. The lowest BCUT2D eigenvalue weighted by molar-refractivity contribution is -0.120. The number of carbonyl (C=O) groups is 1. The molecular weight excluding hydrogens is 354 g/mol. The van der Waals surface area contributed by atoms with Crippen molar-refractivity contribution in [2.24, 2.45) is 0 Å². The van der Waals surface area contributed by atoms with Gasteiger partial charge in [0.2, 0.25) is 11.9 Å². The van der Waals surface area contributed by atoms with Crippen LogP contribution >= 0.6 is 0 Å². The Morgan fingerprint density at radius 3 is 2.57 bits per heavy atom. The zero-order chi connectivity index (χ0) is 19.8. The molecule has 0 bridgehead atoms. The van der Waals surface area contributed by atoms with Gasteiger partial charge in [0.15, 0.2) is 5.82 Å². The Morgan fingerprint density at radius 1 is 1.14 bits per heavy atom. The van der Waals surface area contributed by atoms with Crippen LogP contribution in [0.5, 0.6) is 0 Å². The zero-order valence-electron chi connectivity index (χ0n) is 16.4. The van der Waals surface area contributed by atoms with Gasteiger partial charge in [-0.05, 0) is 32.4 Å². The van der Waals surface area contributed by atoms with E-state index in [2.05, 4.69) is 33.7 Å². The topological polar surface area (TPSA) is 80.0 Å². The quantitative estimate of drug-likeness (QED) is 0.695. The van der Waals surface area contributed by atoms with E-state index in [1.165, 1.54) is 0 Å². The average Bonchev–Trinajstić information content (AvgIpc) is 3.20. The van der Waals surface area contributed by atoms with Gasteiger partial charge < -0.3 is 9.80 Å². The van der Waals surface area contributed by atoms with Gasteiger partial charge in [-0.3, -0.25) is 14.3 Å². The number of pyridine rings is 1. The third kappa shape index (κ3) is 2.81. The molecule has 4 heterocycles. The molecular formula is C20H23N7O. The summed E-state index contributed by atoms with van der Waals surface area (Å²) in [7, 11) is 1.78. The number of hydrogen-bond acceptors (Lipinski definition) is 6. The first-order chi connectivity index (χ1) is 13.5. The van der Waals surface area contributed by atoms with Crippen molar-refractivity contribution < 1.29 is 4.79 Å². The summed E-state index contributed by atoms with van der Waals surface area (Å²) in [5, 5.41) is 0. The highest BCUT2D eigenvalue weighted by molar-refractivity contribution is 6.04. The average molecular weight is 377 g/mol. The fraction of sp³-hybridized carbons (Fsp3) is 0.350. The number of anilines is 2. The zero-order valence-corrected chi connectivity index (χ0v) is 16.4. The molecule has 1 aliphatic heterocycles. The molecule has 1 unspecified atom stereocenters. The maximum atomic E-state index is 12.8. The minimum absolute atomic E-state index is 0.0696. The molecule has 0 aliphatic carbocycles. The van der Waals surface area contributed by atoms with Gasteiger partial charge in [-0.2, -0.15) is 4.98 Å². The van der Waals surface area contributed by atoms with Crippen LogP contribution in [-0.4, -0.2) is 49.5 Å². The number of likely N-dealkylation sites (N-methyl/N-ethyl adjacent to an activating group) is 1. The van der Waals surface area contributed by atoms with E-state index in [1.807, 2.05) is 29.8 Å². The first-order valence-corrected chi connectivity index (χ1v) is 9.40. The highest BCUT2D eigenvalue weighted by Gasteiger charge is 2.38. The van der Waals surface area contributed by atoms with Crippen LogP contribution < -0.4 is 9.80 Å². The molecule has 1 amide bonds. The minimum Gasteiger partial charge on any atom is -0.340 e. The molecule has 0 saturated heterocycles. The molecule has 1 aliphatic rings. The molecule has 0 N–H and O–H groups in total. The van der Waals surface area contributed by atoms with E-state index < -0.39 is 0 Å². The van der Waals surface area contributed by atoms with E-state index in [4.69, 9.17) is 4.98 Å². The highest BCUT2D eigenvalue weighted by Crippen LogP contribution is 2.36. The Labute approximate surface area is 163 Å². The smallest absolute Gasteiger partial charge is 0.249 e. The second kappa shape index (κ2) is 7.03. The Morgan fingerprint density at radius 2 is 1.89 bits per heavy atom. The predicted octanol–water partition coefficient (Wildman–Crippen LogP) is 2.69. The number of fused-ring (bicyclic) bond motifs is 1. The normalized spacial score (nSPS) is 16.6. The Bertz CT molecular complexity index is 999. The van der Waals surface area contributed by atoms with E-state index in [-0.39, 0.29) is 18.0 Å². The highest BCUT2D eigenvalue weighted by atomic mass is 16.2. The van der Waals surface area contributed by atoms with Crippen LogP contribution in [0, 0.1) is 0 Å². The molecule has 4 rings (SSSR count). The summed E-state index contributed by atoms with van der Waals surface area (Å²) >= 11 is 0. The number of imidazole rings is 1. The molecule has 1 atom stereocenters. The van der Waals surface area contributed by atoms with Gasteiger partial charge in [0.1, 0.15) is 17.6 Å². The van der Waals surface area contributed by atoms with Crippen LogP contribution in [0.15, 0.2) is 43.1 Å². The molecule has 0 saturated carbocycles. The first kappa shape index (κ1) is 18.1. The van der Waals surface area contributed by atoms with Crippen molar-refractivity contribution in [1.29, 1.82) is 0 Å². The van der Waals surface area contributed by atoms with Gasteiger partial charge in [0.25, 0.3) is 0 Å². The van der Waals surface area contributed by atoms with Crippen LogP contribution in [0.25, 0.3) is 17.3 Å². The largest absolute Gasteiger partial charge is 0.340 e. The number of aromatic nitrogens is 5. The van der Waals surface area contributed by atoms with Crippen LogP contribution in [0.2, 0.25) is 0 Å². The standard InChI is InChI=1S/C20H23N7O/c1-5-15-19(28)25(4)16-12-23-20(24-18(16)27(15)13(2)3)26-11-10-22-17(26)14-6-8-21-9-7-14/h6-13,15H,5H2,1-4H3. The fourth-order valence-electron chi connectivity index (χ4n) is 3.66. The molecule has 8 nitrogen and oxygen atoms in total. The predicted molar refractivity (Wildman–Crippen MR) is 107 cm³/mol. The van der Waals surface area contributed by atoms with Crippen molar-refractivity contribution in [1.82, 2.24) is 24.5 Å². The summed E-state index contributed by atoms with van der Waals surface area (Å²) in [4.78, 5) is 34.5. The van der Waals surface area contributed by atoms with Gasteiger partial charge in [-0.25, -0.2) is 9.97 Å².